The molecule has 0 bridgehead atoms. The predicted octanol–water partition coefficient (Wildman–Crippen LogP) is 6.08. The van der Waals surface area contributed by atoms with Crippen LogP contribution in [0.3, 0.4) is 0 Å². The molecule has 0 spiro atoms. The molecule has 0 aliphatic carbocycles. The van der Waals surface area contributed by atoms with E-state index in [1.54, 1.807) is 12.1 Å². The molecule has 1 atom stereocenters. The highest BCUT2D eigenvalue weighted by Gasteiger charge is 2.19. The number of nitrogens with two attached hydrogens (primary N) is 1. The van der Waals surface area contributed by atoms with Crippen molar-refractivity contribution in [3.63, 3.8) is 0 Å². The molecule has 1 unspecified atom stereocenters. The van der Waals surface area contributed by atoms with Crippen LogP contribution in [0.1, 0.15) is 89.5 Å². The Morgan fingerprint density at radius 3 is 2.15 bits per heavy atom. The summed E-state index contributed by atoms with van der Waals surface area (Å²) in [6.45, 7) is 2.22. The van der Waals surface area contributed by atoms with Gasteiger partial charge in [-0.1, -0.05) is 75.5 Å². The maximum Gasteiger partial charge on any atom is 0.372 e. The van der Waals surface area contributed by atoms with Gasteiger partial charge in [-0.15, -0.1) is 0 Å². The third kappa shape index (κ3) is 15.8. The Morgan fingerprint density at radius 2 is 1.48 bits per heavy atom. The van der Waals surface area contributed by atoms with Crippen molar-refractivity contribution in [2.24, 2.45) is 5.73 Å². The van der Waals surface area contributed by atoms with Crippen molar-refractivity contribution in [3.8, 4) is 5.75 Å². The van der Waals surface area contributed by atoms with Gasteiger partial charge in [0.25, 0.3) is 0 Å². The van der Waals surface area contributed by atoms with Gasteiger partial charge in [-0.2, -0.15) is 0 Å². The normalized spacial score (nSPS) is 12.3. The number of aromatic hydroxyl groups is 1. The van der Waals surface area contributed by atoms with E-state index in [2.05, 4.69) is 41.0 Å². The third-order valence-electron chi connectivity index (χ3n) is 5.24. The van der Waals surface area contributed by atoms with Crippen LogP contribution in [0.2, 0.25) is 0 Å². The second kappa shape index (κ2) is 18.9. The first kappa shape index (κ1) is 28.4. The molecule has 6 nitrogen and oxygen atoms in total. The Balaban J connectivity index is 1.97. The lowest BCUT2D eigenvalue weighted by atomic mass is 10.1. The minimum atomic E-state index is -0.946. The fraction of sp³-hybridized carbons (Fsp3) is 0.556. The number of carbonyl (C=O) groups is 2. The molecule has 33 heavy (non-hydrogen) atoms. The number of allylic oxidation sites excluding steroid dienone is 4. The molecular weight excluding hydrogens is 418 g/mol. The van der Waals surface area contributed by atoms with Crippen molar-refractivity contribution >= 4 is 11.9 Å². The molecule has 0 amide bonds. The molecule has 0 saturated heterocycles. The van der Waals surface area contributed by atoms with Crippen LogP contribution >= 0.6 is 0 Å². The van der Waals surface area contributed by atoms with Crippen molar-refractivity contribution < 1.29 is 24.5 Å². The molecule has 0 aliphatic heterocycles. The fourth-order valence-corrected chi connectivity index (χ4v) is 3.24. The second-order valence-corrected chi connectivity index (χ2v) is 8.32. The summed E-state index contributed by atoms with van der Waals surface area (Å²) in [5.41, 5.74) is 6.54. The number of benzene rings is 1. The summed E-state index contributed by atoms with van der Waals surface area (Å²) in [5, 5.41) is 9.27. The van der Waals surface area contributed by atoms with Crippen LogP contribution in [0.25, 0.3) is 0 Å². The van der Waals surface area contributed by atoms with E-state index in [9.17, 15) is 14.7 Å². The van der Waals surface area contributed by atoms with Gasteiger partial charge < -0.3 is 10.8 Å². The molecule has 0 fully saturated rings. The zero-order valence-electron chi connectivity index (χ0n) is 20.0. The van der Waals surface area contributed by atoms with E-state index >= 15 is 0 Å². The van der Waals surface area contributed by atoms with Crippen LogP contribution in [-0.2, 0) is 25.8 Å². The Bertz CT molecular complexity index is 712. The summed E-state index contributed by atoms with van der Waals surface area (Å²) in [5.74, 6) is -1.22. The first-order valence-corrected chi connectivity index (χ1v) is 12.3. The van der Waals surface area contributed by atoms with Crippen LogP contribution in [0, 0.1) is 0 Å². The van der Waals surface area contributed by atoms with Crippen molar-refractivity contribution in [2.75, 3.05) is 0 Å². The summed E-state index contributed by atoms with van der Waals surface area (Å²) in [6.07, 6.45) is 21.6. The van der Waals surface area contributed by atoms with E-state index in [-0.39, 0.29) is 18.6 Å². The number of rotatable bonds is 17. The molecule has 184 valence electrons. The summed E-state index contributed by atoms with van der Waals surface area (Å²) in [7, 11) is 0. The standard InChI is InChI=1S/C27H41NO5/c1-2-3-4-5-6-7-8-9-10-11-12-13-14-15-16-17-26(30)32-33-27(31)25(28)22-23-18-20-24(29)21-19-23/h6-7,9-10,18-21,25,29H,2-5,8,11-17,22,28H2,1H3/b7-6-,10-9-. The molecule has 0 aromatic heterocycles. The lowest BCUT2D eigenvalue weighted by Gasteiger charge is -2.10. The van der Waals surface area contributed by atoms with Gasteiger partial charge in [0.05, 0.1) is 6.42 Å². The maximum atomic E-state index is 11.8. The molecule has 0 radical (unpaired) electrons. The average molecular weight is 460 g/mol. The minimum absolute atomic E-state index is 0.136. The summed E-state index contributed by atoms with van der Waals surface area (Å²) < 4.78 is 0. The van der Waals surface area contributed by atoms with E-state index in [4.69, 9.17) is 5.73 Å². The Labute approximate surface area is 198 Å². The largest absolute Gasteiger partial charge is 0.508 e. The number of phenols is 1. The fourth-order valence-electron chi connectivity index (χ4n) is 3.24. The molecule has 1 rings (SSSR count). The third-order valence-corrected chi connectivity index (χ3v) is 5.24. The molecule has 0 heterocycles. The van der Waals surface area contributed by atoms with Gasteiger partial charge in [-0.3, -0.25) is 0 Å². The van der Waals surface area contributed by atoms with E-state index in [0.717, 1.165) is 44.1 Å². The number of hydrogen-bond acceptors (Lipinski definition) is 6. The second-order valence-electron chi connectivity index (χ2n) is 8.32. The Hall–Kier alpha value is -2.60. The van der Waals surface area contributed by atoms with Crippen LogP contribution in [0.15, 0.2) is 48.6 Å². The van der Waals surface area contributed by atoms with Crippen molar-refractivity contribution in [1.29, 1.82) is 0 Å². The first-order valence-electron chi connectivity index (χ1n) is 12.3. The number of carbonyl (C=O) groups excluding carboxylic acids is 2. The van der Waals surface area contributed by atoms with Crippen LogP contribution in [0.4, 0.5) is 0 Å². The van der Waals surface area contributed by atoms with Gasteiger partial charge in [0.15, 0.2) is 0 Å². The van der Waals surface area contributed by atoms with E-state index in [1.807, 2.05) is 0 Å². The number of phenolic OH excluding ortho intramolecular Hbond substituents is 1. The van der Waals surface area contributed by atoms with E-state index < -0.39 is 18.0 Å². The van der Waals surface area contributed by atoms with Crippen molar-refractivity contribution in [1.82, 2.24) is 0 Å². The lowest BCUT2D eigenvalue weighted by molar-refractivity contribution is -0.260. The predicted molar refractivity (Wildman–Crippen MR) is 131 cm³/mol. The van der Waals surface area contributed by atoms with E-state index in [1.165, 1.54) is 37.8 Å². The SMILES string of the molecule is CCCCC/C=C\C/C=C\CCCCCCCC(=O)OOC(=O)C(N)Cc1ccc(O)cc1. The highest BCUT2D eigenvalue weighted by atomic mass is 17.2. The number of hydrogen-bond donors (Lipinski definition) is 2. The van der Waals surface area contributed by atoms with Gasteiger partial charge in [0, 0.05) is 0 Å². The molecule has 1 aromatic rings. The van der Waals surface area contributed by atoms with Gasteiger partial charge in [0.2, 0.25) is 0 Å². The Morgan fingerprint density at radius 1 is 0.879 bits per heavy atom. The van der Waals surface area contributed by atoms with Gasteiger partial charge in [-0.25, -0.2) is 19.4 Å². The highest BCUT2D eigenvalue weighted by Crippen LogP contribution is 2.12. The molecular formula is C27H41NO5. The zero-order valence-corrected chi connectivity index (χ0v) is 20.0. The monoisotopic (exact) mass is 459 g/mol. The van der Waals surface area contributed by atoms with Crippen LogP contribution < -0.4 is 5.73 Å². The maximum absolute atomic E-state index is 11.8. The van der Waals surface area contributed by atoms with Crippen LogP contribution in [0.5, 0.6) is 5.75 Å². The Kier molecular flexibility index (Phi) is 16.3. The van der Waals surface area contributed by atoms with Crippen LogP contribution in [-0.4, -0.2) is 23.1 Å². The topological polar surface area (TPSA) is 98.9 Å². The molecule has 0 aliphatic rings. The summed E-state index contributed by atoms with van der Waals surface area (Å²) in [6, 6.07) is 5.41. The molecule has 1 aromatic carbocycles. The van der Waals surface area contributed by atoms with Crippen molar-refractivity contribution in [3.05, 3.63) is 54.1 Å². The first-order chi connectivity index (χ1) is 16.0. The van der Waals surface area contributed by atoms with Gasteiger partial charge in [-0.05, 0) is 62.6 Å². The quantitative estimate of drug-likeness (QED) is 0.127. The van der Waals surface area contributed by atoms with Gasteiger partial charge in [0.1, 0.15) is 11.8 Å². The molecule has 3 N–H and O–H groups in total. The average Bonchev–Trinajstić information content (AvgIpc) is 2.81. The summed E-state index contributed by atoms with van der Waals surface area (Å²) in [4.78, 5) is 32.7. The molecule has 6 heteroatoms. The van der Waals surface area contributed by atoms with Crippen molar-refractivity contribution in [2.45, 2.75) is 96.4 Å². The zero-order chi connectivity index (χ0) is 24.2. The summed E-state index contributed by atoms with van der Waals surface area (Å²) >= 11 is 0. The van der Waals surface area contributed by atoms with E-state index in [0.29, 0.717) is 6.42 Å². The molecule has 0 saturated carbocycles. The minimum Gasteiger partial charge on any atom is -0.508 e. The highest BCUT2D eigenvalue weighted by molar-refractivity contribution is 5.77. The van der Waals surface area contributed by atoms with Gasteiger partial charge >= 0.3 is 11.9 Å². The number of unbranched alkanes of at least 4 members (excludes halogenated alkanes) is 8. The lowest BCUT2D eigenvalue weighted by Crippen LogP contribution is -2.34. The smallest absolute Gasteiger partial charge is 0.372 e.